The zero-order valence-electron chi connectivity index (χ0n) is 12.7. The van der Waals surface area contributed by atoms with Crippen LogP contribution >= 0.6 is 0 Å². The third kappa shape index (κ3) is 4.25. The molecular formula is C18H20O4. The average molecular weight is 300 g/mol. The van der Waals surface area contributed by atoms with E-state index in [4.69, 9.17) is 9.84 Å². The Balaban J connectivity index is 1.96. The highest BCUT2D eigenvalue weighted by Gasteiger charge is 2.29. The lowest BCUT2D eigenvalue weighted by atomic mass is 10.0. The molecule has 2 N–H and O–H groups in total. The molecule has 0 aromatic heterocycles. The van der Waals surface area contributed by atoms with Crippen molar-refractivity contribution in [2.24, 2.45) is 0 Å². The highest BCUT2D eigenvalue weighted by atomic mass is 16.5. The summed E-state index contributed by atoms with van der Waals surface area (Å²) < 4.78 is 5.46. The number of hydrogen-bond acceptors (Lipinski definition) is 3. The van der Waals surface area contributed by atoms with Gasteiger partial charge in [-0.2, -0.15) is 0 Å². The summed E-state index contributed by atoms with van der Waals surface area (Å²) in [5, 5.41) is 18.5. The molecule has 0 amide bonds. The maximum Gasteiger partial charge on any atom is 0.347 e. The Kier molecular flexibility index (Phi) is 4.71. The van der Waals surface area contributed by atoms with Crippen molar-refractivity contribution < 1.29 is 19.7 Å². The number of ether oxygens (including phenoxy) is 1. The summed E-state index contributed by atoms with van der Waals surface area (Å²) in [6.45, 7) is 3.04. The minimum absolute atomic E-state index is 0.275. The van der Waals surface area contributed by atoms with Crippen LogP contribution in [0, 0.1) is 0 Å². The van der Waals surface area contributed by atoms with Gasteiger partial charge < -0.3 is 14.9 Å². The van der Waals surface area contributed by atoms with Crippen molar-refractivity contribution in [3.8, 4) is 11.5 Å². The molecule has 22 heavy (non-hydrogen) atoms. The van der Waals surface area contributed by atoms with Gasteiger partial charge in [-0.15, -0.1) is 0 Å². The Hall–Kier alpha value is -2.49. The summed E-state index contributed by atoms with van der Waals surface area (Å²) in [5.74, 6) is -0.189. The van der Waals surface area contributed by atoms with Gasteiger partial charge in [-0.3, -0.25) is 0 Å². The van der Waals surface area contributed by atoms with Crippen LogP contribution in [-0.4, -0.2) is 21.8 Å². The Labute approximate surface area is 130 Å². The van der Waals surface area contributed by atoms with Crippen molar-refractivity contribution in [2.45, 2.75) is 32.3 Å². The molecule has 0 spiro atoms. The van der Waals surface area contributed by atoms with E-state index in [2.05, 4.69) is 0 Å². The van der Waals surface area contributed by atoms with Gasteiger partial charge in [-0.25, -0.2) is 4.79 Å². The molecule has 0 bridgehead atoms. The standard InChI is InChI=1S/C18H20O4/c1-18(2,17(20)21)22-16-10-8-13(9-11-16)6-7-14-4-3-5-15(19)12-14/h3-5,8-12,19H,6-7H2,1-2H3,(H,20,21). The molecule has 4 nitrogen and oxygen atoms in total. The summed E-state index contributed by atoms with van der Waals surface area (Å²) in [6, 6.07) is 14.6. The molecule has 0 aliphatic heterocycles. The molecular weight excluding hydrogens is 280 g/mol. The lowest BCUT2D eigenvalue weighted by molar-refractivity contribution is -0.152. The van der Waals surface area contributed by atoms with Gasteiger partial charge in [0.25, 0.3) is 0 Å². The Morgan fingerprint density at radius 3 is 2.27 bits per heavy atom. The SMILES string of the molecule is CC(C)(Oc1ccc(CCc2cccc(O)c2)cc1)C(=O)O. The number of carbonyl (C=O) groups is 1. The second-order valence-electron chi connectivity index (χ2n) is 5.73. The molecule has 0 aliphatic rings. The lowest BCUT2D eigenvalue weighted by Crippen LogP contribution is -2.37. The first-order valence-corrected chi connectivity index (χ1v) is 7.16. The van der Waals surface area contributed by atoms with E-state index in [0.717, 1.165) is 24.0 Å². The number of phenolic OH excluding ortho intramolecular Hbond substituents is 1. The number of carboxylic acid groups (broad SMARTS) is 1. The number of rotatable bonds is 6. The number of phenols is 1. The molecule has 0 atom stereocenters. The zero-order chi connectivity index (χ0) is 16.2. The van der Waals surface area contributed by atoms with Crippen LogP contribution in [0.15, 0.2) is 48.5 Å². The maximum absolute atomic E-state index is 11.0. The summed E-state index contributed by atoms with van der Waals surface area (Å²) in [5.41, 5.74) is 0.958. The van der Waals surface area contributed by atoms with Gasteiger partial charge in [0.05, 0.1) is 0 Å². The summed E-state index contributed by atoms with van der Waals surface area (Å²) in [7, 11) is 0. The molecule has 0 saturated carbocycles. The molecule has 2 rings (SSSR count). The molecule has 0 unspecified atom stereocenters. The second-order valence-corrected chi connectivity index (χ2v) is 5.73. The average Bonchev–Trinajstić information content (AvgIpc) is 2.46. The van der Waals surface area contributed by atoms with Crippen LogP contribution in [0.2, 0.25) is 0 Å². The second kappa shape index (κ2) is 6.52. The van der Waals surface area contributed by atoms with Gasteiger partial charge in [0, 0.05) is 0 Å². The Bertz CT molecular complexity index is 644. The predicted molar refractivity (Wildman–Crippen MR) is 84.3 cm³/mol. The third-order valence-corrected chi connectivity index (χ3v) is 3.42. The highest BCUT2D eigenvalue weighted by molar-refractivity contribution is 5.76. The van der Waals surface area contributed by atoms with E-state index in [0.29, 0.717) is 5.75 Å². The smallest absolute Gasteiger partial charge is 0.347 e. The van der Waals surface area contributed by atoms with Crippen molar-refractivity contribution in [1.29, 1.82) is 0 Å². The molecule has 0 radical (unpaired) electrons. The van der Waals surface area contributed by atoms with E-state index in [-0.39, 0.29) is 5.75 Å². The van der Waals surface area contributed by atoms with Gasteiger partial charge in [0.1, 0.15) is 11.5 Å². The van der Waals surface area contributed by atoms with Crippen LogP contribution in [0.25, 0.3) is 0 Å². The van der Waals surface area contributed by atoms with Crippen LogP contribution in [0.3, 0.4) is 0 Å². The minimum atomic E-state index is -1.25. The lowest BCUT2D eigenvalue weighted by Gasteiger charge is -2.21. The fourth-order valence-electron chi connectivity index (χ4n) is 2.06. The van der Waals surface area contributed by atoms with Gasteiger partial charge in [-0.1, -0.05) is 24.3 Å². The monoisotopic (exact) mass is 300 g/mol. The molecule has 116 valence electrons. The summed E-state index contributed by atoms with van der Waals surface area (Å²) >= 11 is 0. The number of aliphatic carboxylic acids is 1. The molecule has 0 fully saturated rings. The van der Waals surface area contributed by atoms with Crippen molar-refractivity contribution in [3.63, 3.8) is 0 Å². The number of carboxylic acids is 1. The van der Waals surface area contributed by atoms with Crippen LogP contribution in [0.5, 0.6) is 11.5 Å². The molecule has 4 heteroatoms. The van der Waals surface area contributed by atoms with Crippen LogP contribution in [0.4, 0.5) is 0 Å². The molecule has 0 saturated heterocycles. The van der Waals surface area contributed by atoms with Crippen LogP contribution < -0.4 is 4.74 Å². The van der Waals surface area contributed by atoms with E-state index in [1.54, 1.807) is 24.3 Å². The number of aryl methyl sites for hydroxylation is 2. The number of benzene rings is 2. The Morgan fingerprint density at radius 2 is 1.68 bits per heavy atom. The van der Waals surface area contributed by atoms with Gasteiger partial charge in [0.2, 0.25) is 0 Å². The molecule has 0 aliphatic carbocycles. The normalized spacial score (nSPS) is 11.2. The van der Waals surface area contributed by atoms with E-state index in [1.807, 2.05) is 24.3 Å². The van der Waals surface area contributed by atoms with Gasteiger partial charge in [-0.05, 0) is 62.1 Å². The van der Waals surface area contributed by atoms with E-state index >= 15 is 0 Å². The number of hydrogen-bond donors (Lipinski definition) is 2. The fourth-order valence-corrected chi connectivity index (χ4v) is 2.06. The first-order valence-electron chi connectivity index (χ1n) is 7.16. The zero-order valence-corrected chi connectivity index (χ0v) is 12.7. The maximum atomic E-state index is 11.0. The third-order valence-electron chi connectivity index (χ3n) is 3.42. The van der Waals surface area contributed by atoms with E-state index < -0.39 is 11.6 Å². The largest absolute Gasteiger partial charge is 0.508 e. The van der Waals surface area contributed by atoms with Gasteiger partial charge in [0.15, 0.2) is 5.60 Å². The quantitative estimate of drug-likeness (QED) is 0.858. The van der Waals surface area contributed by atoms with Crippen molar-refractivity contribution in [3.05, 3.63) is 59.7 Å². The van der Waals surface area contributed by atoms with Crippen molar-refractivity contribution >= 4 is 5.97 Å². The van der Waals surface area contributed by atoms with Crippen LogP contribution in [-0.2, 0) is 17.6 Å². The van der Waals surface area contributed by atoms with Crippen molar-refractivity contribution in [2.75, 3.05) is 0 Å². The van der Waals surface area contributed by atoms with Crippen LogP contribution in [0.1, 0.15) is 25.0 Å². The highest BCUT2D eigenvalue weighted by Crippen LogP contribution is 2.20. The molecule has 2 aromatic carbocycles. The predicted octanol–water partition coefficient (Wildman–Crippen LogP) is 3.42. The Morgan fingerprint density at radius 1 is 1.05 bits per heavy atom. The number of aromatic hydroxyl groups is 1. The van der Waals surface area contributed by atoms with E-state index in [9.17, 15) is 9.90 Å². The summed E-state index contributed by atoms with van der Waals surface area (Å²) in [4.78, 5) is 11.0. The van der Waals surface area contributed by atoms with Gasteiger partial charge >= 0.3 is 5.97 Å². The van der Waals surface area contributed by atoms with E-state index in [1.165, 1.54) is 13.8 Å². The topological polar surface area (TPSA) is 66.8 Å². The molecule has 2 aromatic rings. The first-order chi connectivity index (χ1) is 10.4. The first kappa shape index (κ1) is 15.9. The summed E-state index contributed by atoms with van der Waals surface area (Å²) in [6.07, 6.45) is 1.67. The molecule has 0 heterocycles. The fraction of sp³-hybridized carbons (Fsp3) is 0.278. The van der Waals surface area contributed by atoms with Crippen molar-refractivity contribution in [1.82, 2.24) is 0 Å². The minimum Gasteiger partial charge on any atom is -0.508 e.